The number of hydrogen-bond donors (Lipinski definition) is 1. The smallest absolute Gasteiger partial charge is 0.273 e. The summed E-state index contributed by atoms with van der Waals surface area (Å²) in [4.78, 5) is 0. The number of sulfonamides is 1. The van der Waals surface area contributed by atoms with Crippen molar-refractivity contribution >= 4 is 10.0 Å². The van der Waals surface area contributed by atoms with Crippen LogP contribution in [0, 0.1) is 0 Å². The maximum atomic E-state index is 11.1. The van der Waals surface area contributed by atoms with Crippen LogP contribution < -0.4 is 5.14 Å². The molecule has 0 amide bonds. The van der Waals surface area contributed by atoms with Crippen LogP contribution in [0.3, 0.4) is 0 Å². The van der Waals surface area contributed by atoms with Crippen LogP contribution in [0.2, 0.25) is 0 Å². The van der Waals surface area contributed by atoms with Crippen molar-refractivity contribution < 1.29 is 8.42 Å². The third-order valence-electron chi connectivity index (χ3n) is 2.59. The molecule has 1 aliphatic carbocycles. The Morgan fingerprint density at radius 3 is 2.43 bits per heavy atom. The van der Waals surface area contributed by atoms with Crippen LogP contribution in [0.15, 0.2) is 5.16 Å². The van der Waals surface area contributed by atoms with E-state index in [1.807, 2.05) is 0 Å². The van der Waals surface area contributed by atoms with Gasteiger partial charge in [0.25, 0.3) is 15.2 Å². The molecule has 0 spiro atoms. The molecule has 78 valence electrons. The summed E-state index contributed by atoms with van der Waals surface area (Å²) in [6.07, 6.45) is 3.27. The quantitative estimate of drug-likeness (QED) is 0.736. The molecule has 0 radical (unpaired) electrons. The second kappa shape index (κ2) is 3.03. The van der Waals surface area contributed by atoms with Crippen LogP contribution in [-0.4, -0.2) is 23.2 Å². The maximum absolute atomic E-state index is 11.1. The lowest BCUT2D eigenvalue weighted by Gasteiger charge is -2.23. The van der Waals surface area contributed by atoms with Gasteiger partial charge in [0.1, 0.15) is 5.82 Å². The van der Waals surface area contributed by atoms with E-state index in [0.717, 1.165) is 18.7 Å². The Kier molecular flexibility index (Phi) is 2.07. The van der Waals surface area contributed by atoms with Crippen molar-refractivity contribution in [2.75, 3.05) is 0 Å². The minimum atomic E-state index is -3.74. The first-order valence-electron chi connectivity index (χ1n) is 4.42. The van der Waals surface area contributed by atoms with Crippen LogP contribution in [0.5, 0.6) is 0 Å². The zero-order valence-corrected chi connectivity index (χ0v) is 8.66. The van der Waals surface area contributed by atoms with Gasteiger partial charge in [0, 0.05) is 13.0 Å². The lowest BCUT2D eigenvalue weighted by molar-refractivity contribution is 0.389. The summed E-state index contributed by atoms with van der Waals surface area (Å²) in [5, 5.41) is 12.3. The van der Waals surface area contributed by atoms with Crippen molar-refractivity contribution in [2.45, 2.75) is 30.3 Å². The Labute approximate surface area is 82.2 Å². The Bertz CT molecular complexity index is 446. The van der Waals surface area contributed by atoms with Gasteiger partial charge >= 0.3 is 0 Å². The Morgan fingerprint density at radius 1 is 1.43 bits per heavy atom. The van der Waals surface area contributed by atoms with E-state index in [0.29, 0.717) is 5.92 Å². The molecule has 7 heteroatoms. The number of primary sulfonamides is 1. The molecule has 1 aliphatic rings. The van der Waals surface area contributed by atoms with Gasteiger partial charge in [-0.05, 0) is 12.8 Å². The van der Waals surface area contributed by atoms with Crippen LogP contribution in [0.1, 0.15) is 31.0 Å². The predicted molar refractivity (Wildman–Crippen MR) is 49.0 cm³/mol. The number of aromatic nitrogens is 3. The fraction of sp³-hybridized carbons (Fsp3) is 0.714. The van der Waals surface area contributed by atoms with Crippen molar-refractivity contribution in [1.29, 1.82) is 0 Å². The van der Waals surface area contributed by atoms with Gasteiger partial charge in [-0.3, -0.25) is 0 Å². The molecule has 0 unspecified atom stereocenters. The molecular weight excluding hydrogens is 204 g/mol. The van der Waals surface area contributed by atoms with Crippen LogP contribution in [0.4, 0.5) is 0 Å². The summed E-state index contributed by atoms with van der Waals surface area (Å²) in [6.45, 7) is 0. The molecule has 0 aliphatic heterocycles. The zero-order chi connectivity index (χ0) is 10.3. The maximum Gasteiger partial charge on any atom is 0.273 e. The summed E-state index contributed by atoms with van der Waals surface area (Å²) in [5.74, 6) is 1.07. The Balaban J connectivity index is 2.42. The van der Waals surface area contributed by atoms with E-state index in [-0.39, 0.29) is 5.16 Å². The highest BCUT2D eigenvalue weighted by Crippen LogP contribution is 2.35. The van der Waals surface area contributed by atoms with Crippen molar-refractivity contribution in [3.8, 4) is 0 Å². The van der Waals surface area contributed by atoms with Crippen molar-refractivity contribution in [3.63, 3.8) is 0 Å². The highest BCUT2D eigenvalue weighted by molar-refractivity contribution is 7.89. The van der Waals surface area contributed by atoms with Crippen molar-refractivity contribution in [3.05, 3.63) is 5.82 Å². The minimum Gasteiger partial charge on any atom is -0.304 e. The molecular formula is C7H12N4O2S. The van der Waals surface area contributed by atoms with Gasteiger partial charge in [-0.15, -0.1) is 10.2 Å². The standard InChI is InChI=1S/C7H12N4O2S/c1-11-6(5-3-2-4-5)9-10-7(11)14(8,12)13/h5H,2-4H2,1H3,(H2,8,12,13). The van der Waals surface area contributed by atoms with Gasteiger partial charge in [0.05, 0.1) is 0 Å². The molecule has 1 aromatic rings. The molecule has 1 fully saturated rings. The molecule has 1 aromatic heterocycles. The molecule has 1 saturated carbocycles. The van der Waals surface area contributed by atoms with Crippen LogP contribution in [0.25, 0.3) is 0 Å². The van der Waals surface area contributed by atoms with Gasteiger partial charge < -0.3 is 4.57 Å². The first kappa shape index (κ1) is 9.60. The second-order valence-electron chi connectivity index (χ2n) is 3.57. The highest BCUT2D eigenvalue weighted by atomic mass is 32.2. The van der Waals surface area contributed by atoms with E-state index < -0.39 is 10.0 Å². The summed E-state index contributed by atoms with van der Waals surface area (Å²) in [6, 6.07) is 0. The Hall–Kier alpha value is -0.950. The van der Waals surface area contributed by atoms with Gasteiger partial charge in [0.15, 0.2) is 0 Å². The molecule has 0 saturated heterocycles. The molecule has 1 heterocycles. The van der Waals surface area contributed by atoms with E-state index in [4.69, 9.17) is 5.14 Å². The fourth-order valence-corrected chi connectivity index (χ4v) is 2.23. The SMILES string of the molecule is Cn1c(C2CCC2)nnc1S(N)(=O)=O. The van der Waals surface area contributed by atoms with E-state index in [9.17, 15) is 8.42 Å². The Morgan fingerprint density at radius 2 is 2.07 bits per heavy atom. The topological polar surface area (TPSA) is 90.9 Å². The average Bonchev–Trinajstić information content (AvgIpc) is 2.28. The van der Waals surface area contributed by atoms with Crippen molar-refractivity contribution in [2.24, 2.45) is 12.2 Å². The fourth-order valence-electron chi connectivity index (χ4n) is 1.60. The molecule has 2 N–H and O–H groups in total. The molecule has 14 heavy (non-hydrogen) atoms. The predicted octanol–water partition coefficient (Wildman–Crippen LogP) is -0.270. The van der Waals surface area contributed by atoms with Gasteiger partial charge in [0.2, 0.25) is 0 Å². The summed E-state index contributed by atoms with van der Waals surface area (Å²) < 4.78 is 23.6. The number of nitrogens with two attached hydrogens (primary N) is 1. The number of rotatable bonds is 2. The normalized spacial score (nSPS) is 18.1. The summed E-state index contributed by atoms with van der Waals surface area (Å²) in [5.41, 5.74) is 0. The molecule has 0 aromatic carbocycles. The lowest BCUT2D eigenvalue weighted by atomic mass is 9.85. The van der Waals surface area contributed by atoms with Crippen LogP contribution >= 0.6 is 0 Å². The van der Waals surface area contributed by atoms with Gasteiger partial charge in [-0.25, -0.2) is 13.6 Å². The minimum absolute atomic E-state index is 0.153. The van der Waals surface area contributed by atoms with E-state index in [1.165, 1.54) is 11.0 Å². The second-order valence-corrected chi connectivity index (χ2v) is 5.03. The molecule has 0 bridgehead atoms. The van der Waals surface area contributed by atoms with Gasteiger partial charge in [-0.2, -0.15) is 0 Å². The number of hydrogen-bond acceptors (Lipinski definition) is 4. The summed E-state index contributed by atoms with van der Waals surface area (Å²) in [7, 11) is -2.11. The van der Waals surface area contributed by atoms with Crippen molar-refractivity contribution in [1.82, 2.24) is 14.8 Å². The largest absolute Gasteiger partial charge is 0.304 e. The van der Waals surface area contributed by atoms with E-state index in [1.54, 1.807) is 7.05 Å². The molecule has 0 atom stereocenters. The van der Waals surface area contributed by atoms with E-state index >= 15 is 0 Å². The van der Waals surface area contributed by atoms with Crippen LogP contribution in [-0.2, 0) is 17.1 Å². The molecule has 2 rings (SSSR count). The molecule has 6 nitrogen and oxygen atoms in total. The lowest BCUT2D eigenvalue weighted by Crippen LogP contribution is -2.19. The number of nitrogens with zero attached hydrogens (tertiary/aromatic N) is 3. The highest BCUT2D eigenvalue weighted by Gasteiger charge is 2.27. The third kappa shape index (κ3) is 1.42. The first-order valence-corrected chi connectivity index (χ1v) is 5.97. The average molecular weight is 216 g/mol. The third-order valence-corrected chi connectivity index (χ3v) is 3.46. The van der Waals surface area contributed by atoms with E-state index in [2.05, 4.69) is 10.2 Å². The summed E-state index contributed by atoms with van der Waals surface area (Å²) >= 11 is 0. The first-order chi connectivity index (χ1) is 6.50. The zero-order valence-electron chi connectivity index (χ0n) is 7.84. The monoisotopic (exact) mass is 216 g/mol. The van der Waals surface area contributed by atoms with Gasteiger partial charge in [-0.1, -0.05) is 6.42 Å².